The first-order chi connectivity index (χ1) is 13.8. The van der Waals surface area contributed by atoms with Crippen molar-refractivity contribution in [1.82, 2.24) is 14.9 Å². The number of likely N-dealkylation sites (tertiary alicyclic amines) is 1. The maximum atomic E-state index is 13.0. The van der Waals surface area contributed by atoms with Crippen LogP contribution >= 0.6 is 0 Å². The quantitative estimate of drug-likeness (QED) is 0.725. The molecule has 2 aromatic rings. The van der Waals surface area contributed by atoms with Gasteiger partial charge in [-0.05, 0) is 25.5 Å². The number of benzene rings is 1. The number of hydrogen-bond acceptors (Lipinski definition) is 6. The molecule has 1 unspecified atom stereocenters. The van der Waals surface area contributed by atoms with Gasteiger partial charge in [0.1, 0.15) is 17.8 Å². The zero-order chi connectivity index (χ0) is 21.0. The Bertz CT molecular complexity index is 832. The van der Waals surface area contributed by atoms with Crippen LogP contribution in [-0.4, -0.2) is 55.3 Å². The number of methoxy groups -OCH3 is 2. The van der Waals surface area contributed by atoms with Gasteiger partial charge in [-0.2, -0.15) is 13.2 Å². The monoisotopic (exact) mass is 410 g/mol. The predicted molar refractivity (Wildman–Crippen MR) is 103 cm³/mol. The fourth-order valence-electron chi connectivity index (χ4n) is 3.69. The molecule has 0 N–H and O–H groups in total. The first-order valence-electron chi connectivity index (χ1n) is 9.37. The second-order valence-electron chi connectivity index (χ2n) is 7.05. The standard InChI is InChI=1S/C20H25F3N4O2/c1-26(18-10-17(20(21,22)23)24-13-25-18)15-7-5-9-27(12-15)11-14-6-4-8-16(28-2)19(14)29-3/h4,6,8,10,13,15H,5,7,9,11-12H2,1-3H3. The Hall–Kier alpha value is -2.55. The largest absolute Gasteiger partial charge is 0.493 e. The summed E-state index contributed by atoms with van der Waals surface area (Å²) in [5, 5.41) is 0. The Morgan fingerprint density at radius 2 is 2.00 bits per heavy atom. The first-order valence-corrected chi connectivity index (χ1v) is 9.37. The lowest BCUT2D eigenvalue weighted by Crippen LogP contribution is -2.46. The Morgan fingerprint density at radius 3 is 2.69 bits per heavy atom. The van der Waals surface area contributed by atoms with Gasteiger partial charge in [-0.1, -0.05) is 12.1 Å². The Morgan fingerprint density at radius 1 is 1.21 bits per heavy atom. The SMILES string of the molecule is COc1cccc(CN2CCCC(N(C)c3cc(C(F)(F)F)ncn3)C2)c1OC. The molecule has 1 aromatic heterocycles. The van der Waals surface area contributed by atoms with E-state index in [-0.39, 0.29) is 11.9 Å². The van der Waals surface area contributed by atoms with Crippen LogP contribution in [0.15, 0.2) is 30.6 Å². The third-order valence-corrected chi connectivity index (χ3v) is 5.21. The average Bonchev–Trinajstić information content (AvgIpc) is 2.72. The van der Waals surface area contributed by atoms with Crippen molar-refractivity contribution in [3.05, 3.63) is 41.9 Å². The molecule has 1 aliphatic rings. The van der Waals surface area contributed by atoms with Gasteiger partial charge in [-0.15, -0.1) is 0 Å². The summed E-state index contributed by atoms with van der Waals surface area (Å²) in [6, 6.07) is 6.82. The molecular weight excluding hydrogens is 385 g/mol. The van der Waals surface area contributed by atoms with E-state index >= 15 is 0 Å². The summed E-state index contributed by atoms with van der Waals surface area (Å²) >= 11 is 0. The van der Waals surface area contributed by atoms with Crippen LogP contribution in [-0.2, 0) is 12.7 Å². The molecule has 0 amide bonds. The van der Waals surface area contributed by atoms with E-state index in [0.29, 0.717) is 24.6 Å². The van der Waals surface area contributed by atoms with E-state index in [4.69, 9.17) is 9.47 Å². The molecule has 0 aliphatic carbocycles. The van der Waals surface area contributed by atoms with Crippen LogP contribution < -0.4 is 14.4 Å². The van der Waals surface area contributed by atoms with Crippen molar-refractivity contribution in [2.24, 2.45) is 0 Å². The molecular formula is C20H25F3N4O2. The van der Waals surface area contributed by atoms with Gasteiger partial charge in [0.25, 0.3) is 0 Å². The molecule has 3 rings (SSSR count). The van der Waals surface area contributed by atoms with Crippen LogP contribution in [0.25, 0.3) is 0 Å². The fourth-order valence-corrected chi connectivity index (χ4v) is 3.69. The third kappa shape index (κ3) is 4.90. The number of nitrogens with zero attached hydrogens (tertiary/aromatic N) is 4. The van der Waals surface area contributed by atoms with Gasteiger partial charge >= 0.3 is 6.18 Å². The van der Waals surface area contributed by atoms with Crippen molar-refractivity contribution in [3.8, 4) is 11.5 Å². The van der Waals surface area contributed by atoms with Crippen molar-refractivity contribution in [2.75, 3.05) is 39.3 Å². The van der Waals surface area contributed by atoms with Crippen molar-refractivity contribution < 1.29 is 22.6 Å². The molecule has 1 aromatic carbocycles. The van der Waals surface area contributed by atoms with Crippen LogP contribution in [0.4, 0.5) is 19.0 Å². The van der Waals surface area contributed by atoms with Crippen molar-refractivity contribution in [2.45, 2.75) is 31.6 Å². The molecule has 0 radical (unpaired) electrons. The first kappa shape index (κ1) is 21.2. The summed E-state index contributed by atoms with van der Waals surface area (Å²) in [5.41, 5.74) is 0.0830. The predicted octanol–water partition coefficient (Wildman–Crippen LogP) is 3.61. The number of para-hydroxylation sites is 1. The summed E-state index contributed by atoms with van der Waals surface area (Å²) in [5.74, 6) is 1.66. The molecule has 1 atom stereocenters. The van der Waals surface area contributed by atoms with Gasteiger partial charge in [0.2, 0.25) is 0 Å². The maximum absolute atomic E-state index is 13.0. The second-order valence-corrected chi connectivity index (χ2v) is 7.05. The highest BCUT2D eigenvalue weighted by atomic mass is 19.4. The fraction of sp³-hybridized carbons (Fsp3) is 0.500. The molecule has 9 heteroatoms. The van der Waals surface area contributed by atoms with Crippen molar-refractivity contribution >= 4 is 5.82 Å². The number of hydrogen-bond donors (Lipinski definition) is 0. The van der Waals surface area contributed by atoms with E-state index in [1.165, 1.54) is 0 Å². The summed E-state index contributed by atoms with van der Waals surface area (Å²) in [4.78, 5) is 11.5. The van der Waals surface area contributed by atoms with Gasteiger partial charge in [-0.3, -0.25) is 4.90 Å². The lowest BCUT2D eigenvalue weighted by molar-refractivity contribution is -0.141. The number of rotatable bonds is 6. The smallest absolute Gasteiger partial charge is 0.433 e. The maximum Gasteiger partial charge on any atom is 0.433 e. The Labute approximate surface area is 168 Å². The minimum atomic E-state index is -4.49. The zero-order valence-electron chi connectivity index (χ0n) is 16.7. The molecule has 158 valence electrons. The van der Waals surface area contributed by atoms with Gasteiger partial charge < -0.3 is 14.4 Å². The van der Waals surface area contributed by atoms with E-state index in [2.05, 4.69) is 14.9 Å². The summed E-state index contributed by atoms with van der Waals surface area (Å²) in [7, 11) is 4.99. The van der Waals surface area contributed by atoms with Gasteiger partial charge in [-0.25, -0.2) is 9.97 Å². The number of aromatic nitrogens is 2. The second kappa shape index (κ2) is 8.86. The molecule has 0 saturated carbocycles. The highest BCUT2D eigenvalue weighted by Crippen LogP contribution is 2.33. The number of anilines is 1. The summed E-state index contributed by atoms with van der Waals surface area (Å²) < 4.78 is 49.8. The van der Waals surface area contributed by atoms with Gasteiger partial charge in [0, 0.05) is 37.8 Å². The normalized spacial score (nSPS) is 17.8. The Balaban J connectivity index is 1.73. The average molecular weight is 410 g/mol. The number of piperidine rings is 1. The molecule has 1 aliphatic heterocycles. The molecule has 0 bridgehead atoms. The van der Waals surface area contributed by atoms with Crippen molar-refractivity contribution in [1.29, 1.82) is 0 Å². The number of alkyl halides is 3. The molecule has 1 fully saturated rings. The van der Waals surface area contributed by atoms with Crippen LogP contribution in [0.1, 0.15) is 24.1 Å². The summed E-state index contributed by atoms with van der Waals surface area (Å²) in [6.45, 7) is 2.28. The molecule has 2 heterocycles. The van der Waals surface area contributed by atoms with Gasteiger partial charge in [0.05, 0.1) is 14.2 Å². The summed E-state index contributed by atoms with van der Waals surface area (Å²) in [6.07, 6.45) is -1.69. The number of halogens is 3. The highest BCUT2D eigenvalue weighted by molar-refractivity contribution is 5.46. The van der Waals surface area contributed by atoms with E-state index < -0.39 is 11.9 Å². The van der Waals surface area contributed by atoms with E-state index in [1.54, 1.807) is 21.3 Å². The van der Waals surface area contributed by atoms with Crippen LogP contribution in [0.2, 0.25) is 0 Å². The highest BCUT2D eigenvalue weighted by Gasteiger charge is 2.34. The number of ether oxygens (including phenoxy) is 2. The molecule has 29 heavy (non-hydrogen) atoms. The molecule has 1 saturated heterocycles. The van der Waals surface area contributed by atoms with E-state index in [1.807, 2.05) is 23.1 Å². The topological polar surface area (TPSA) is 50.7 Å². The van der Waals surface area contributed by atoms with Crippen molar-refractivity contribution in [3.63, 3.8) is 0 Å². The molecule has 6 nitrogen and oxygen atoms in total. The van der Waals surface area contributed by atoms with Crippen LogP contribution in [0, 0.1) is 0 Å². The van der Waals surface area contributed by atoms with Gasteiger partial charge in [0.15, 0.2) is 11.5 Å². The lowest BCUT2D eigenvalue weighted by Gasteiger charge is -2.38. The van der Waals surface area contributed by atoms with Crippen LogP contribution in [0.3, 0.4) is 0 Å². The molecule has 0 spiro atoms. The lowest BCUT2D eigenvalue weighted by atomic mass is 10.0. The third-order valence-electron chi connectivity index (χ3n) is 5.21. The zero-order valence-corrected chi connectivity index (χ0v) is 16.7. The Kier molecular flexibility index (Phi) is 6.46. The minimum absolute atomic E-state index is 0.0522. The van der Waals surface area contributed by atoms with E-state index in [9.17, 15) is 13.2 Å². The van der Waals surface area contributed by atoms with E-state index in [0.717, 1.165) is 37.3 Å². The minimum Gasteiger partial charge on any atom is -0.493 e. The van der Waals surface area contributed by atoms with Crippen LogP contribution in [0.5, 0.6) is 11.5 Å². The number of likely N-dealkylation sites (N-methyl/N-ethyl adjacent to an activating group) is 1.